The van der Waals surface area contributed by atoms with E-state index in [-0.39, 0.29) is 0 Å². The Hall–Kier alpha value is -0.990. The molecule has 1 aromatic heterocycles. The van der Waals surface area contributed by atoms with Crippen LogP contribution in [-0.4, -0.2) is 5.16 Å². The SMILES string of the molecule is Nc1cc(CCC2CCCCC2)on1. The molecule has 2 rings (SSSR count). The van der Waals surface area contributed by atoms with Gasteiger partial charge in [0, 0.05) is 12.5 Å². The van der Waals surface area contributed by atoms with Gasteiger partial charge >= 0.3 is 0 Å². The highest BCUT2D eigenvalue weighted by Crippen LogP contribution is 2.27. The van der Waals surface area contributed by atoms with Crippen LogP contribution in [-0.2, 0) is 6.42 Å². The van der Waals surface area contributed by atoms with Crippen LogP contribution in [0.3, 0.4) is 0 Å². The Morgan fingerprint density at radius 3 is 2.79 bits per heavy atom. The number of anilines is 1. The molecule has 2 N–H and O–H groups in total. The van der Waals surface area contributed by atoms with Crippen molar-refractivity contribution < 1.29 is 4.52 Å². The quantitative estimate of drug-likeness (QED) is 0.805. The van der Waals surface area contributed by atoms with Gasteiger partial charge in [0.1, 0.15) is 5.76 Å². The van der Waals surface area contributed by atoms with Crippen molar-refractivity contribution >= 4 is 5.82 Å². The number of nitrogens with zero attached hydrogens (tertiary/aromatic N) is 1. The van der Waals surface area contributed by atoms with Gasteiger partial charge in [-0.15, -0.1) is 0 Å². The molecule has 1 aromatic rings. The monoisotopic (exact) mass is 194 g/mol. The first-order chi connectivity index (χ1) is 6.84. The largest absolute Gasteiger partial charge is 0.381 e. The van der Waals surface area contributed by atoms with Gasteiger partial charge in [0.05, 0.1) is 0 Å². The fraction of sp³-hybridized carbons (Fsp3) is 0.727. The van der Waals surface area contributed by atoms with Gasteiger partial charge in [-0.1, -0.05) is 37.3 Å². The minimum atomic E-state index is 0.503. The Bertz CT molecular complexity index is 277. The molecule has 14 heavy (non-hydrogen) atoms. The molecule has 1 aliphatic rings. The summed E-state index contributed by atoms with van der Waals surface area (Å²) in [4.78, 5) is 0. The van der Waals surface area contributed by atoms with Crippen molar-refractivity contribution in [2.45, 2.75) is 44.9 Å². The third-order valence-electron chi connectivity index (χ3n) is 3.10. The maximum Gasteiger partial charge on any atom is 0.167 e. The topological polar surface area (TPSA) is 52.0 Å². The van der Waals surface area contributed by atoms with Gasteiger partial charge in [0.2, 0.25) is 0 Å². The lowest BCUT2D eigenvalue weighted by atomic mass is 9.86. The van der Waals surface area contributed by atoms with E-state index in [1.54, 1.807) is 0 Å². The van der Waals surface area contributed by atoms with Gasteiger partial charge in [-0.05, 0) is 12.3 Å². The van der Waals surface area contributed by atoms with E-state index in [2.05, 4.69) is 5.16 Å². The van der Waals surface area contributed by atoms with Gasteiger partial charge in [0.25, 0.3) is 0 Å². The molecule has 0 amide bonds. The van der Waals surface area contributed by atoms with Crippen LogP contribution in [0.25, 0.3) is 0 Å². The Balaban J connectivity index is 1.76. The average Bonchev–Trinajstić information content (AvgIpc) is 2.63. The normalized spacial score (nSPS) is 18.6. The number of hydrogen-bond acceptors (Lipinski definition) is 3. The van der Waals surface area contributed by atoms with E-state index >= 15 is 0 Å². The molecule has 0 saturated heterocycles. The van der Waals surface area contributed by atoms with Gasteiger partial charge in [0.15, 0.2) is 5.82 Å². The zero-order valence-electron chi connectivity index (χ0n) is 8.54. The number of aromatic nitrogens is 1. The van der Waals surface area contributed by atoms with Crippen LogP contribution < -0.4 is 5.73 Å². The zero-order valence-corrected chi connectivity index (χ0v) is 8.54. The lowest BCUT2D eigenvalue weighted by Gasteiger charge is -2.20. The molecule has 3 nitrogen and oxygen atoms in total. The van der Waals surface area contributed by atoms with Crippen molar-refractivity contribution in [1.82, 2.24) is 5.16 Å². The Morgan fingerprint density at radius 2 is 2.14 bits per heavy atom. The molecule has 0 atom stereocenters. The van der Waals surface area contributed by atoms with E-state index in [4.69, 9.17) is 10.3 Å². The first-order valence-corrected chi connectivity index (χ1v) is 5.55. The molecule has 1 saturated carbocycles. The summed E-state index contributed by atoms with van der Waals surface area (Å²) in [6.07, 6.45) is 9.24. The van der Waals surface area contributed by atoms with Crippen LogP contribution in [0.5, 0.6) is 0 Å². The lowest BCUT2D eigenvalue weighted by molar-refractivity contribution is 0.318. The van der Waals surface area contributed by atoms with E-state index in [1.165, 1.54) is 38.5 Å². The summed E-state index contributed by atoms with van der Waals surface area (Å²) in [5.41, 5.74) is 5.48. The minimum absolute atomic E-state index is 0.503. The maximum atomic E-state index is 5.48. The highest BCUT2D eigenvalue weighted by molar-refractivity contribution is 5.26. The van der Waals surface area contributed by atoms with Gasteiger partial charge in [-0.25, -0.2) is 0 Å². The first kappa shape index (κ1) is 9.56. The summed E-state index contributed by atoms with van der Waals surface area (Å²) in [6, 6.07) is 1.84. The van der Waals surface area contributed by atoms with Crippen LogP contribution >= 0.6 is 0 Å². The molecule has 0 spiro atoms. The second-order valence-electron chi connectivity index (χ2n) is 4.26. The van der Waals surface area contributed by atoms with E-state index in [1.807, 2.05) is 6.07 Å². The Morgan fingerprint density at radius 1 is 1.36 bits per heavy atom. The molecule has 0 unspecified atom stereocenters. The van der Waals surface area contributed by atoms with Gasteiger partial charge in [-0.2, -0.15) is 0 Å². The molecular formula is C11H18N2O. The number of nitrogen functional groups attached to an aromatic ring is 1. The third kappa shape index (κ3) is 2.50. The lowest BCUT2D eigenvalue weighted by Crippen LogP contribution is -2.06. The van der Waals surface area contributed by atoms with Crippen molar-refractivity contribution in [3.8, 4) is 0 Å². The van der Waals surface area contributed by atoms with Gasteiger partial charge < -0.3 is 10.3 Å². The molecule has 1 heterocycles. The number of aryl methyl sites for hydroxylation is 1. The number of rotatable bonds is 3. The van der Waals surface area contributed by atoms with E-state index in [0.717, 1.165) is 18.1 Å². The highest BCUT2D eigenvalue weighted by atomic mass is 16.5. The van der Waals surface area contributed by atoms with E-state index in [0.29, 0.717) is 5.82 Å². The first-order valence-electron chi connectivity index (χ1n) is 5.55. The summed E-state index contributed by atoms with van der Waals surface area (Å²) < 4.78 is 5.08. The molecule has 0 aliphatic heterocycles. The summed E-state index contributed by atoms with van der Waals surface area (Å²) in [5.74, 6) is 2.34. The second-order valence-corrected chi connectivity index (χ2v) is 4.26. The van der Waals surface area contributed by atoms with Crippen molar-refractivity contribution in [1.29, 1.82) is 0 Å². The average molecular weight is 194 g/mol. The molecule has 1 aliphatic carbocycles. The van der Waals surface area contributed by atoms with Crippen molar-refractivity contribution in [3.63, 3.8) is 0 Å². The van der Waals surface area contributed by atoms with E-state index in [9.17, 15) is 0 Å². The molecule has 0 aromatic carbocycles. The van der Waals surface area contributed by atoms with E-state index < -0.39 is 0 Å². The van der Waals surface area contributed by atoms with Crippen molar-refractivity contribution in [2.24, 2.45) is 5.92 Å². The standard InChI is InChI=1S/C11H18N2O/c12-11-8-10(14-13-11)7-6-9-4-2-1-3-5-9/h8-9H,1-7H2,(H2,12,13). The fourth-order valence-corrected chi connectivity index (χ4v) is 2.27. The fourth-order valence-electron chi connectivity index (χ4n) is 2.27. The molecule has 1 fully saturated rings. The minimum Gasteiger partial charge on any atom is -0.381 e. The predicted octanol–water partition coefficient (Wildman–Crippen LogP) is 2.77. The molecule has 0 radical (unpaired) electrons. The van der Waals surface area contributed by atoms with Crippen molar-refractivity contribution in [3.05, 3.63) is 11.8 Å². The molecule has 78 valence electrons. The van der Waals surface area contributed by atoms with Crippen LogP contribution in [0, 0.1) is 5.92 Å². The number of hydrogen-bond donors (Lipinski definition) is 1. The van der Waals surface area contributed by atoms with Crippen LogP contribution in [0.4, 0.5) is 5.82 Å². The zero-order chi connectivity index (χ0) is 9.80. The Kier molecular flexibility index (Phi) is 3.07. The summed E-state index contributed by atoms with van der Waals surface area (Å²) in [7, 11) is 0. The summed E-state index contributed by atoms with van der Waals surface area (Å²) >= 11 is 0. The highest BCUT2D eigenvalue weighted by Gasteiger charge is 2.14. The van der Waals surface area contributed by atoms with Crippen LogP contribution in [0.1, 0.15) is 44.3 Å². The summed E-state index contributed by atoms with van der Waals surface area (Å²) in [6.45, 7) is 0. The Labute approximate surface area is 84.7 Å². The van der Waals surface area contributed by atoms with Crippen molar-refractivity contribution in [2.75, 3.05) is 5.73 Å². The third-order valence-corrected chi connectivity index (χ3v) is 3.10. The molecule has 3 heteroatoms. The number of nitrogens with two attached hydrogens (primary N) is 1. The van der Waals surface area contributed by atoms with Crippen LogP contribution in [0.2, 0.25) is 0 Å². The second kappa shape index (κ2) is 4.49. The predicted molar refractivity (Wildman–Crippen MR) is 55.8 cm³/mol. The van der Waals surface area contributed by atoms with Crippen LogP contribution in [0.15, 0.2) is 10.6 Å². The maximum absolute atomic E-state index is 5.48. The molecular weight excluding hydrogens is 176 g/mol. The molecule has 0 bridgehead atoms. The smallest absolute Gasteiger partial charge is 0.167 e. The summed E-state index contributed by atoms with van der Waals surface area (Å²) in [5, 5.41) is 3.68. The van der Waals surface area contributed by atoms with Gasteiger partial charge in [-0.3, -0.25) is 0 Å².